The van der Waals surface area contributed by atoms with Crippen LogP contribution in [-0.4, -0.2) is 5.52 Å². The lowest BCUT2D eigenvalue weighted by molar-refractivity contribution is 0.107. The fourth-order valence-electron chi connectivity index (χ4n) is 2.63. The van der Waals surface area contributed by atoms with Crippen molar-refractivity contribution in [1.82, 2.24) is 0 Å². The van der Waals surface area contributed by atoms with Gasteiger partial charge in [-0.25, -0.2) is 0 Å². The second kappa shape index (κ2) is 4.31. The number of benzene rings is 3. The van der Waals surface area contributed by atoms with Crippen LogP contribution in [0.15, 0.2) is 66.7 Å². The molecule has 1 heterocycles. The Morgan fingerprint density at radius 2 is 1.52 bits per heavy atom. The van der Waals surface area contributed by atoms with Crippen molar-refractivity contribution in [2.24, 2.45) is 0 Å². The normalized spacial score (nSPS) is 20.3. The van der Waals surface area contributed by atoms with Crippen LogP contribution in [0.25, 0.3) is 10.8 Å². The summed E-state index contributed by atoms with van der Waals surface area (Å²) in [5, 5.41) is 2.22. The maximum Gasteiger partial charge on any atom is 0.346 e. The molecule has 4 rings (SSSR count). The highest BCUT2D eigenvalue weighted by molar-refractivity contribution is 7.84. The highest BCUT2D eigenvalue weighted by Crippen LogP contribution is 2.58. The molecule has 0 saturated heterocycles. The Labute approximate surface area is 121 Å². The minimum atomic E-state index is -3.54. The van der Waals surface area contributed by atoms with Gasteiger partial charge < -0.3 is 4.52 Å². The molecule has 1 atom stereocenters. The van der Waals surface area contributed by atoms with Crippen LogP contribution in [0, 0.1) is 0 Å². The molecular weight excluding hydrogens is 283 g/mol. The van der Waals surface area contributed by atoms with Gasteiger partial charge in [0.2, 0.25) is 0 Å². The van der Waals surface area contributed by atoms with Gasteiger partial charge in [-0.2, -0.15) is 0 Å². The molecule has 0 fully saturated rings. The Hall–Kier alpha value is -2.38. The van der Waals surface area contributed by atoms with Gasteiger partial charge in [-0.15, -0.1) is 0 Å². The summed E-state index contributed by atoms with van der Waals surface area (Å²) in [7, 11) is -3.54. The molecule has 0 aliphatic carbocycles. The van der Waals surface area contributed by atoms with Crippen LogP contribution >= 0.6 is 7.37 Å². The molecule has 0 radical (unpaired) electrons. The Balaban J connectivity index is 1.97. The van der Waals surface area contributed by atoms with Crippen molar-refractivity contribution in [3.8, 4) is 5.75 Å². The Kier molecular flexibility index (Phi) is 2.54. The second-order valence-corrected chi connectivity index (χ2v) is 7.15. The topological polar surface area (TPSA) is 43.4 Å². The van der Waals surface area contributed by atoms with Crippen LogP contribution in [0.3, 0.4) is 0 Å². The first-order chi connectivity index (χ1) is 10.2. The van der Waals surface area contributed by atoms with E-state index in [2.05, 4.69) is 0 Å². The summed E-state index contributed by atoms with van der Waals surface area (Å²) in [5.41, 5.74) is -0.0182. The molecule has 21 heavy (non-hydrogen) atoms. The van der Waals surface area contributed by atoms with Crippen molar-refractivity contribution in [2.75, 3.05) is 0 Å². The Morgan fingerprint density at radius 3 is 2.33 bits per heavy atom. The number of hydrogen-bond donors (Lipinski definition) is 0. The summed E-state index contributed by atoms with van der Waals surface area (Å²) in [6.07, 6.45) is 0. The van der Waals surface area contributed by atoms with Gasteiger partial charge in [0.15, 0.2) is 0 Å². The van der Waals surface area contributed by atoms with Gasteiger partial charge in [0.05, 0.1) is 10.9 Å². The molecule has 4 heteroatoms. The molecule has 0 bridgehead atoms. The van der Waals surface area contributed by atoms with Crippen molar-refractivity contribution in [3.05, 3.63) is 72.3 Å². The molecule has 1 aliphatic heterocycles. The summed E-state index contributed by atoms with van der Waals surface area (Å²) in [6.45, 7) is 0. The zero-order chi connectivity index (χ0) is 14.4. The van der Waals surface area contributed by atoms with Crippen LogP contribution in [0.2, 0.25) is 0 Å². The van der Waals surface area contributed by atoms with Gasteiger partial charge in [-0.1, -0.05) is 48.5 Å². The summed E-state index contributed by atoms with van der Waals surface area (Å²) >= 11 is 0. The summed E-state index contributed by atoms with van der Waals surface area (Å²) in [6, 6.07) is 19.8. The van der Waals surface area contributed by atoms with Gasteiger partial charge in [0, 0.05) is 5.39 Å². The van der Waals surface area contributed by atoms with Gasteiger partial charge in [0.25, 0.3) is 5.52 Å². The minimum absolute atomic E-state index is 0.404. The predicted molar refractivity (Wildman–Crippen MR) is 82.6 cm³/mol. The maximum atomic E-state index is 13.1. The van der Waals surface area contributed by atoms with Gasteiger partial charge in [-0.3, -0.25) is 9.36 Å². The lowest BCUT2D eigenvalue weighted by atomic mass is 10.1. The predicted octanol–water partition coefficient (Wildman–Crippen LogP) is 3.98. The number of fused-ring (bicyclic) bond motifs is 3. The zero-order valence-electron chi connectivity index (χ0n) is 11.0. The van der Waals surface area contributed by atoms with E-state index in [4.69, 9.17) is 4.52 Å². The lowest BCUT2D eigenvalue weighted by Crippen LogP contribution is -2.11. The maximum absolute atomic E-state index is 13.1. The average Bonchev–Trinajstić information content (AvgIpc) is 2.81. The van der Waals surface area contributed by atoms with E-state index in [0.29, 0.717) is 16.6 Å². The summed E-state index contributed by atoms with van der Waals surface area (Å²) < 4.78 is 18.8. The molecule has 0 saturated carbocycles. The Morgan fingerprint density at radius 1 is 0.810 bits per heavy atom. The lowest BCUT2D eigenvalue weighted by Gasteiger charge is -2.10. The molecule has 3 aromatic carbocycles. The van der Waals surface area contributed by atoms with Crippen molar-refractivity contribution in [3.63, 3.8) is 0 Å². The highest BCUT2D eigenvalue weighted by Gasteiger charge is 2.45. The Bertz CT molecular complexity index is 916. The molecule has 3 nitrogen and oxygen atoms in total. The van der Waals surface area contributed by atoms with Crippen LogP contribution in [-0.2, 0) is 4.57 Å². The molecular formula is C17H11O3P. The van der Waals surface area contributed by atoms with E-state index in [1.165, 1.54) is 0 Å². The van der Waals surface area contributed by atoms with E-state index < -0.39 is 12.9 Å². The molecule has 0 amide bonds. The molecule has 0 spiro atoms. The summed E-state index contributed by atoms with van der Waals surface area (Å²) in [5.74, 6) is 0.435. The third kappa shape index (κ3) is 1.68. The quantitative estimate of drug-likeness (QED) is 0.638. The van der Waals surface area contributed by atoms with Gasteiger partial charge >= 0.3 is 7.37 Å². The first kappa shape index (κ1) is 12.4. The fourth-order valence-corrected chi connectivity index (χ4v) is 4.57. The number of rotatable bonds is 1. The van der Waals surface area contributed by atoms with E-state index in [1.54, 1.807) is 30.3 Å². The third-order valence-corrected chi connectivity index (χ3v) is 5.89. The van der Waals surface area contributed by atoms with Crippen molar-refractivity contribution < 1.29 is 13.9 Å². The first-order valence-corrected chi connectivity index (χ1v) is 8.24. The summed E-state index contributed by atoms with van der Waals surface area (Å²) in [4.78, 5) is 12.6. The van der Waals surface area contributed by atoms with Crippen molar-refractivity contribution >= 4 is 29.0 Å². The molecule has 1 aliphatic rings. The standard InChI is InChI=1S/C17H11O3P/c18-17-15-11-10-12-6-4-5-9-14(12)16(15)20-21(17,19)13-7-2-1-3-8-13/h1-11H. The van der Waals surface area contributed by atoms with Crippen LogP contribution in [0.4, 0.5) is 0 Å². The van der Waals surface area contributed by atoms with Crippen LogP contribution in [0.1, 0.15) is 10.4 Å². The van der Waals surface area contributed by atoms with Crippen molar-refractivity contribution in [2.45, 2.75) is 0 Å². The second-order valence-electron chi connectivity index (χ2n) is 4.95. The average molecular weight is 294 g/mol. The minimum Gasteiger partial charge on any atom is -0.433 e. The first-order valence-electron chi connectivity index (χ1n) is 6.62. The monoisotopic (exact) mass is 294 g/mol. The van der Waals surface area contributed by atoms with Crippen LogP contribution < -0.4 is 9.83 Å². The van der Waals surface area contributed by atoms with E-state index in [9.17, 15) is 9.36 Å². The van der Waals surface area contributed by atoms with Crippen LogP contribution in [0.5, 0.6) is 5.75 Å². The van der Waals surface area contributed by atoms with Crippen molar-refractivity contribution in [1.29, 1.82) is 0 Å². The van der Waals surface area contributed by atoms with Gasteiger partial charge in [0.1, 0.15) is 5.75 Å². The highest BCUT2D eigenvalue weighted by atomic mass is 31.2. The smallest absolute Gasteiger partial charge is 0.346 e. The van der Waals surface area contributed by atoms with E-state index in [0.717, 1.165) is 10.8 Å². The number of carbonyl (C=O) groups excluding carboxylic acids is 1. The SMILES string of the molecule is O=C1c2ccc3ccccc3c2OP1(=O)c1ccccc1. The molecule has 0 N–H and O–H groups in total. The van der Waals surface area contributed by atoms with E-state index >= 15 is 0 Å². The van der Waals surface area contributed by atoms with E-state index in [-0.39, 0.29) is 0 Å². The zero-order valence-corrected chi connectivity index (χ0v) is 11.9. The fraction of sp³-hybridized carbons (Fsp3) is 0. The number of hydrogen-bond acceptors (Lipinski definition) is 3. The largest absolute Gasteiger partial charge is 0.433 e. The molecule has 1 unspecified atom stereocenters. The molecule has 3 aromatic rings. The molecule has 102 valence electrons. The number of carbonyl (C=O) groups is 1. The molecule has 0 aromatic heterocycles. The third-order valence-electron chi connectivity index (χ3n) is 3.69. The van der Waals surface area contributed by atoms with Gasteiger partial charge in [-0.05, 0) is 23.6 Å². The van der Waals surface area contributed by atoms with E-state index in [1.807, 2.05) is 36.4 Å².